The van der Waals surface area contributed by atoms with Crippen LogP contribution in [0.25, 0.3) is 10.6 Å². The van der Waals surface area contributed by atoms with Crippen LogP contribution in [0.5, 0.6) is 0 Å². The Labute approximate surface area is 155 Å². The molecule has 1 aromatic carbocycles. The van der Waals surface area contributed by atoms with E-state index in [1.54, 1.807) is 17.5 Å². The van der Waals surface area contributed by atoms with Gasteiger partial charge in [-0.05, 0) is 32.0 Å². The summed E-state index contributed by atoms with van der Waals surface area (Å²) in [6, 6.07) is 6.53. The van der Waals surface area contributed by atoms with Gasteiger partial charge in [-0.2, -0.15) is 0 Å². The number of thiazole rings is 1. The van der Waals surface area contributed by atoms with Crippen LogP contribution in [0.4, 0.5) is 5.69 Å². The number of likely N-dealkylation sites (N-methyl/N-ethyl adjacent to an activating group) is 1. The van der Waals surface area contributed by atoms with Gasteiger partial charge in [0.25, 0.3) is 11.6 Å². The summed E-state index contributed by atoms with van der Waals surface area (Å²) in [6.45, 7) is 1.45. The van der Waals surface area contributed by atoms with Crippen LogP contribution in [-0.4, -0.2) is 46.9 Å². The molecule has 1 fully saturated rings. The summed E-state index contributed by atoms with van der Waals surface area (Å²) in [7, 11) is 1.91. The van der Waals surface area contributed by atoms with E-state index in [4.69, 9.17) is 0 Å². The second-order valence-electron chi connectivity index (χ2n) is 5.72. The fraction of sp³-hybridized carbons (Fsp3) is 0.375. The molecule has 1 unspecified atom stereocenters. The molecule has 9 heteroatoms. The van der Waals surface area contributed by atoms with E-state index in [1.807, 2.05) is 11.9 Å². The molecular weight excluding hydrogens is 364 g/mol. The first-order valence-electron chi connectivity index (χ1n) is 7.75. The van der Waals surface area contributed by atoms with E-state index >= 15 is 0 Å². The number of hydrogen-bond acceptors (Lipinski definition) is 6. The number of nitro benzene ring substituents is 1. The van der Waals surface area contributed by atoms with Crippen LogP contribution in [0, 0.1) is 10.1 Å². The summed E-state index contributed by atoms with van der Waals surface area (Å²) < 4.78 is 0. The Hall–Kier alpha value is -2.03. The van der Waals surface area contributed by atoms with Crippen LogP contribution < -0.4 is 5.32 Å². The van der Waals surface area contributed by atoms with Gasteiger partial charge in [0.15, 0.2) is 0 Å². The summed E-state index contributed by atoms with van der Waals surface area (Å²) in [5, 5.41) is 16.4. The van der Waals surface area contributed by atoms with Gasteiger partial charge in [-0.25, -0.2) is 4.98 Å². The molecule has 0 aliphatic carbocycles. The fourth-order valence-corrected chi connectivity index (χ4v) is 3.59. The van der Waals surface area contributed by atoms with Gasteiger partial charge in [-0.15, -0.1) is 23.7 Å². The minimum Gasteiger partial charge on any atom is -0.336 e. The third-order valence-electron chi connectivity index (χ3n) is 4.17. The van der Waals surface area contributed by atoms with Crippen molar-refractivity contribution in [3.8, 4) is 10.6 Å². The van der Waals surface area contributed by atoms with Crippen LogP contribution in [0.2, 0.25) is 0 Å². The van der Waals surface area contributed by atoms with Crippen molar-refractivity contribution in [2.45, 2.75) is 18.9 Å². The smallest absolute Gasteiger partial charge is 0.273 e. The van der Waals surface area contributed by atoms with E-state index in [0.717, 1.165) is 24.9 Å². The zero-order valence-electron chi connectivity index (χ0n) is 13.7. The van der Waals surface area contributed by atoms with Crippen LogP contribution in [-0.2, 0) is 0 Å². The van der Waals surface area contributed by atoms with Gasteiger partial charge in [0.05, 0.1) is 4.92 Å². The lowest BCUT2D eigenvalue weighted by atomic mass is 10.1. The molecule has 1 aliphatic heterocycles. The molecule has 134 valence electrons. The first-order chi connectivity index (χ1) is 11.6. The van der Waals surface area contributed by atoms with Crippen LogP contribution >= 0.6 is 23.7 Å². The van der Waals surface area contributed by atoms with E-state index in [-0.39, 0.29) is 24.0 Å². The van der Waals surface area contributed by atoms with Crippen molar-refractivity contribution >= 4 is 35.3 Å². The van der Waals surface area contributed by atoms with Gasteiger partial charge in [0.2, 0.25) is 0 Å². The minimum absolute atomic E-state index is 0. The number of non-ortho nitro benzene ring substituents is 1. The Kier molecular flexibility index (Phi) is 6.46. The average Bonchev–Trinajstić information content (AvgIpc) is 3.11. The van der Waals surface area contributed by atoms with Crippen LogP contribution in [0.3, 0.4) is 0 Å². The lowest BCUT2D eigenvalue weighted by Gasteiger charge is -2.32. The minimum atomic E-state index is -0.435. The number of piperidine rings is 1. The summed E-state index contributed by atoms with van der Waals surface area (Å²) in [4.78, 5) is 29.1. The number of amides is 1. The van der Waals surface area contributed by atoms with Crippen LogP contribution in [0.1, 0.15) is 23.3 Å². The van der Waals surface area contributed by atoms with Gasteiger partial charge >= 0.3 is 0 Å². The van der Waals surface area contributed by atoms with Crippen molar-refractivity contribution in [1.29, 1.82) is 0 Å². The third-order valence-corrected chi connectivity index (χ3v) is 5.06. The second kappa shape index (κ2) is 8.37. The van der Waals surface area contributed by atoms with Crippen molar-refractivity contribution in [2.24, 2.45) is 0 Å². The zero-order chi connectivity index (χ0) is 17.1. The molecule has 7 nitrogen and oxygen atoms in total. The average molecular weight is 383 g/mol. The Morgan fingerprint density at radius 3 is 2.76 bits per heavy atom. The Morgan fingerprint density at radius 2 is 2.12 bits per heavy atom. The SMILES string of the molecule is CNC1CCCN(C(=O)c2csc(-c3ccc([N+](=O)[O-])cc3)n2)C1.Cl. The molecule has 2 heterocycles. The Bertz CT molecular complexity index is 750. The lowest BCUT2D eigenvalue weighted by molar-refractivity contribution is -0.384. The van der Waals surface area contributed by atoms with E-state index in [9.17, 15) is 14.9 Å². The number of halogens is 1. The molecule has 0 spiro atoms. The summed E-state index contributed by atoms with van der Waals surface area (Å²) in [5.41, 5.74) is 1.25. The highest BCUT2D eigenvalue weighted by Crippen LogP contribution is 2.26. The van der Waals surface area contributed by atoms with Gasteiger partial charge in [-0.3, -0.25) is 14.9 Å². The molecule has 0 radical (unpaired) electrons. The maximum Gasteiger partial charge on any atom is 0.273 e. The van der Waals surface area contributed by atoms with E-state index in [1.165, 1.54) is 23.5 Å². The number of nitro groups is 1. The lowest BCUT2D eigenvalue weighted by Crippen LogP contribution is -2.47. The standard InChI is InChI=1S/C16H18N4O3S.ClH/c1-17-12-3-2-8-19(9-12)16(21)14-10-24-15(18-14)11-4-6-13(7-5-11)20(22)23;/h4-7,10,12,17H,2-3,8-9H2,1H3;1H. The van der Waals surface area contributed by atoms with Gasteiger partial charge in [-0.1, -0.05) is 0 Å². The molecule has 1 aliphatic rings. The number of rotatable bonds is 4. The van der Waals surface area contributed by atoms with Crippen molar-refractivity contribution in [3.05, 3.63) is 45.5 Å². The number of carbonyl (C=O) groups excluding carboxylic acids is 1. The number of nitrogens with one attached hydrogen (secondary N) is 1. The predicted molar refractivity (Wildman–Crippen MR) is 99.4 cm³/mol. The topological polar surface area (TPSA) is 88.4 Å². The van der Waals surface area contributed by atoms with E-state index < -0.39 is 4.92 Å². The van der Waals surface area contributed by atoms with Gasteiger partial charge in [0.1, 0.15) is 10.7 Å². The quantitative estimate of drug-likeness (QED) is 0.648. The number of aromatic nitrogens is 1. The number of nitrogens with zero attached hydrogens (tertiary/aromatic N) is 3. The highest BCUT2D eigenvalue weighted by atomic mass is 35.5. The maximum atomic E-state index is 12.6. The number of benzene rings is 1. The molecule has 0 saturated carbocycles. The highest BCUT2D eigenvalue weighted by Gasteiger charge is 2.25. The Morgan fingerprint density at radius 1 is 1.40 bits per heavy atom. The predicted octanol–water partition coefficient (Wildman–Crippen LogP) is 2.96. The molecule has 2 aromatic rings. The molecule has 25 heavy (non-hydrogen) atoms. The highest BCUT2D eigenvalue weighted by molar-refractivity contribution is 7.13. The van der Waals surface area contributed by atoms with Gasteiger partial charge in [0, 0.05) is 42.2 Å². The molecule has 1 saturated heterocycles. The zero-order valence-corrected chi connectivity index (χ0v) is 15.3. The molecule has 1 aromatic heterocycles. The van der Waals surface area contributed by atoms with E-state index in [0.29, 0.717) is 23.3 Å². The fourth-order valence-electron chi connectivity index (χ4n) is 2.79. The van der Waals surface area contributed by atoms with Crippen molar-refractivity contribution in [1.82, 2.24) is 15.2 Å². The first kappa shape index (κ1) is 19.3. The van der Waals surface area contributed by atoms with E-state index in [2.05, 4.69) is 10.3 Å². The normalized spacial score (nSPS) is 17.0. The maximum absolute atomic E-state index is 12.6. The molecular formula is C16H19ClN4O3S. The number of carbonyl (C=O) groups is 1. The Balaban J connectivity index is 0.00000225. The summed E-state index contributed by atoms with van der Waals surface area (Å²) >= 11 is 1.37. The molecule has 1 atom stereocenters. The second-order valence-corrected chi connectivity index (χ2v) is 6.58. The molecule has 1 N–H and O–H groups in total. The largest absolute Gasteiger partial charge is 0.336 e. The monoisotopic (exact) mass is 382 g/mol. The molecule has 1 amide bonds. The summed E-state index contributed by atoms with van der Waals surface area (Å²) in [5.74, 6) is -0.0561. The molecule has 3 rings (SSSR count). The number of likely N-dealkylation sites (tertiary alicyclic amines) is 1. The number of hydrogen-bond donors (Lipinski definition) is 1. The van der Waals surface area contributed by atoms with Crippen molar-refractivity contribution in [3.63, 3.8) is 0 Å². The van der Waals surface area contributed by atoms with Crippen LogP contribution in [0.15, 0.2) is 29.6 Å². The molecule has 0 bridgehead atoms. The summed E-state index contributed by atoms with van der Waals surface area (Å²) in [6.07, 6.45) is 2.06. The first-order valence-corrected chi connectivity index (χ1v) is 8.63. The third kappa shape index (κ3) is 4.33. The van der Waals surface area contributed by atoms with Gasteiger partial charge < -0.3 is 10.2 Å². The van der Waals surface area contributed by atoms with Crippen molar-refractivity contribution < 1.29 is 9.72 Å². The van der Waals surface area contributed by atoms with Crippen molar-refractivity contribution in [2.75, 3.05) is 20.1 Å².